The van der Waals surface area contributed by atoms with Crippen molar-refractivity contribution < 1.29 is 25.2 Å². The first-order valence-electron chi connectivity index (χ1n) is 28.2. The lowest BCUT2D eigenvalue weighted by Gasteiger charge is -2.27. The first-order chi connectivity index (χ1) is 31.0. The van der Waals surface area contributed by atoms with E-state index in [4.69, 9.17) is 0 Å². The SMILES string of the molecule is CCCC/C=C/CC/C=C/CCCC(O)C(O)C(CO)NC(=O)C(O)CCCCCCCCCCCCCCCCCCCCCCCCCCCCCCCCCCCCCC. The van der Waals surface area contributed by atoms with Gasteiger partial charge in [-0.25, -0.2) is 0 Å². The zero-order valence-corrected chi connectivity index (χ0v) is 42.3. The highest BCUT2D eigenvalue weighted by molar-refractivity contribution is 5.80. The number of nitrogens with one attached hydrogen (secondary N) is 1. The topological polar surface area (TPSA) is 110 Å². The molecule has 374 valence electrons. The molecule has 0 heterocycles. The fourth-order valence-electron chi connectivity index (χ4n) is 8.94. The summed E-state index contributed by atoms with van der Waals surface area (Å²) in [5.41, 5.74) is 0. The van der Waals surface area contributed by atoms with Crippen molar-refractivity contribution in [3.8, 4) is 0 Å². The van der Waals surface area contributed by atoms with E-state index >= 15 is 0 Å². The highest BCUT2D eigenvalue weighted by atomic mass is 16.3. The van der Waals surface area contributed by atoms with Gasteiger partial charge in [0.2, 0.25) is 5.91 Å². The van der Waals surface area contributed by atoms with E-state index in [0.29, 0.717) is 19.3 Å². The highest BCUT2D eigenvalue weighted by Gasteiger charge is 2.28. The molecule has 1 amide bonds. The summed E-state index contributed by atoms with van der Waals surface area (Å²) < 4.78 is 0. The fraction of sp³-hybridized carbons (Fsp3) is 0.912. The summed E-state index contributed by atoms with van der Waals surface area (Å²) in [4.78, 5) is 12.5. The van der Waals surface area contributed by atoms with Gasteiger partial charge < -0.3 is 25.7 Å². The second kappa shape index (κ2) is 51.8. The third kappa shape index (κ3) is 45.7. The van der Waals surface area contributed by atoms with Crippen LogP contribution in [0, 0.1) is 0 Å². The number of unbranched alkanes of at least 4 members (excludes halogenated alkanes) is 39. The maximum absolute atomic E-state index is 12.5. The molecule has 6 heteroatoms. The van der Waals surface area contributed by atoms with Crippen molar-refractivity contribution in [2.75, 3.05) is 6.61 Å². The number of amides is 1. The normalized spacial score (nSPS) is 13.9. The Kier molecular flexibility index (Phi) is 50.8. The maximum atomic E-state index is 12.5. The molecule has 4 atom stereocenters. The minimum atomic E-state index is -1.29. The minimum absolute atomic E-state index is 0.364. The number of aliphatic hydroxyl groups excluding tert-OH is 4. The Bertz CT molecular complexity index is 955. The van der Waals surface area contributed by atoms with Crippen LogP contribution in [0.3, 0.4) is 0 Å². The summed E-state index contributed by atoms with van der Waals surface area (Å²) in [5, 5.41) is 43.7. The molecular formula is C57H111NO5. The van der Waals surface area contributed by atoms with Gasteiger partial charge in [-0.1, -0.05) is 282 Å². The molecule has 0 aromatic heterocycles. The Morgan fingerprint density at radius 2 is 0.667 bits per heavy atom. The quantitative estimate of drug-likeness (QED) is 0.0309. The average molecular weight is 891 g/mol. The summed E-state index contributed by atoms with van der Waals surface area (Å²) in [6.45, 7) is 4.00. The Hall–Kier alpha value is -1.21. The van der Waals surface area contributed by atoms with Crippen molar-refractivity contribution in [3.05, 3.63) is 24.3 Å². The number of aliphatic hydroxyl groups is 4. The van der Waals surface area contributed by atoms with Gasteiger partial charge in [-0.05, 0) is 44.9 Å². The summed E-state index contributed by atoms with van der Waals surface area (Å²) >= 11 is 0. The van der Waals surface area contributed by atoms with Crippen LogP contribution >= 0.6 is 0 Å². The van der Waals surface area contributed by atoms with Gasteiger partial charge in [0.1, 0.15) is 12.2 Å². The molecule has 0 aromatic carbocycles. The standard InChI is InChI=1S/C57H111NO5/c1-3-5-7-9-11-13-15-16-17-18-19-20-21-22-23-24-25-26-27-28-29-30-31-32-33-34-35-36-37-38-39-41-43-45-47-49-51-55(61)57(63)58-53(52-59)56(62)54(60)50-48-46-44-42-40-14-12-10-8-6-4-2/h10,12,42,44,53-56,59-62H,3-9,11,13-41,43,45-52H2,1-2H3,(H,58,63)/b12-10+,44-42+. The van der Waals surface area contributed by atoms with Crippen molar-refractivity contribution >= 4 is 5.91 Å². The molecular weight excluding hydrogens is 779 g/mol. The second-order valence-corrected chi connectivity index (χ2v) is 19.6. The number of hydrogen-bond acceptors (Lipinski definition) is 5. The molecule has 0 saturated heterocycles. The van der Waals surface area contributed by atoms with Crippen LogP contribution in [-0.2, 0) is 4.79 Å². The van der Waals surface area contributed by atoms with Crippen LogP contribution in [0.2, 0.25) is 0 Å². The van der Waals surface area contributed by atoms with Crippen LogP contribution in [0.4, 0.5) is 0 Å². The molecule has 6 nitrogen and oxygen atoms in total. The van der Waals surface area contributed by atoms with E-state index in [1.54, 1.807) is 0 Å². The lowest BCUT2D eigenvalue weighted by atomic mass is 10.00. The third-order valence-electron chi connectivity index (χ3n) is 13.4. The molecule has 4 unspecified atom stereocenters. The molecule has 0 bridgehead atoms. The first-order valence-corrected chi connectivity index (χ1v) is 28.2. The summed E-state index contributed by atoms with van der Waals surface area (Å²) in [6.07, 6.45) is 62.9. The first kappa shape index (κ1) is 61.8. The Morgan fingerprint density at radius 3 is 0.984 bits per heavy atom. The Morgan fingerprint density at radius 1 is 0.381 bits per heavy atom. The van der Waals surface area contributed by atoms with E-state index in [0.717, 1.165) is 44.9 Å². The molecule has 0 saturated carbocycles. The van der Waals surface area contributed by atoms with Crippen LogP contribution in [0.1, 0.15) is 303 Å². The van der Waals surface area contributed by atoms with Crippen LogP contribution < -0.4 is 5.32 Å². The molecule has 63 heavy (non-hydrogen) atoms. The van der Waals surface area contributed by atoms with Gasteiger partial charge in [-0.2, -0.15) is 0 Å². The summed E-state index contributed by atoms with van der Waals surface area (Å²) in [6, 6.07) is -1.00. The van der Waals surface area contributed by atoms with Gasteiger partial charge in [-0.15, -0.1) is 0 Å². The van der Waals surface area contributed by atoms with Crippen molar-refractivity contribution in [2.24, 2.45) is 0 Å². The summed E-state index contributed by atoms with van der Waals surface area (Å²) in [5.74, 6) is -0.594. The number of rotatable bonds is 52. The van der Waals surface area contributed by atoms with E-state index in [2.05, 4.69) is 43.5 Å². The zero-order valence-electron chi connectivity index (χ0n) is 42.3. The third-order valence-corrected chi connectivity index (χ3v) is 13.4. The van der Waals surface area contributed by atoms with Crippen LogP contribution in [0.15, 0.2) is 24.3 Å². The van der Waals surface area contributed by atoms with Gasteiger partial charge in [0.05, 0.1) is 18.8 Å². The number of carbonyl (C=O) groups excluding carboxylic acids is 1. The lowest BCUT2D eigenvalue weighted by molar-refractivity contribution is -0.132. The molecule has 0 aliphatic carbocycles. The zero-order chi connectivity index (χ0) is 45.9. The Balaban J connectivity index is 3.48. The lowest BCUT2D eigenvalue weighted by Crippen LogP contribution is -2.53. The predicted molar refractivity (Wildman–Crippen MR) is 274 cm³/mol. The van der Waals surface area contributed by atoms with E-state index in [1.807, 2.05) is 0 Å². The van der Waals surface area contributed by atoms with Crippen LogP contribution in [0.25, 0.3) is 0 Å². The van der Waals surface area contributed by atoms with Gasteiger partial charge in [0, 0.05) is 0 Å². The smallest absolute Gasteiger partial charge is 0.249 e. The molecule has 0 fully saturated rings. The van der Waals surface area contributed by atoms with Gasteiger partial charge in [-0.3, -0.25) is 4.79 Å². The molecule has 0 aliphatic heterocycles. The summed E-state index contributed by atoms with van der Waals surface area (Å²) in [7, 11) is 0. The van der Waals surface area contributed by atoms with Crippen molar-refractivity contribution in [1.29, 1.82) is 0 Å². The average Bonchev–Trinajstić information content (AvgIpc) is 3.29. The van der Waals surface area contributed by atoms with E-state index in [1.165, 1.54) is 225 Å². The molecule has 0 spiro atoms. The van der Waals surface area contributed by atoms with Crippen LogP contribution in [0.5, 0.6) is 0 Å². The molecule has 0 rings (SSSR count). The molecule has 0 radical (unpaired) electrons. The number of carbonyl (C=O) groups is 1. The van der Waals surface area contributed by atoms with E-state index in [9.17, 15) is 25.2 Å². The molecule has 0 aliphatic rings. The van der Waals surface area contributed by atoms with Gasteiger partial charge >= 0.3 is 0 Å². The van der Waals surface area contributed by atoms with Gasteiger partial charge in [0.15, 0.2) is 0 Å². The minimum Gasteiger partial charge on any atom is -0.394 e. The monoisotopic (exact) mass is 890 g/mol. The molecule has 5 N–H and O–H groups in total. The van der Waals surface area contributed by atoms with Crippen LogP contribution in [-0.4, -0.2) is 57.3 Å². The van der Waals surface area contributed by atoms with Gasteiger partial charge in [0.25, 0.3) is 0 Å². The largest absolute Gasteiger partial charge is 0.394 e. The predicted octanol–water partition coefficient (Wildman–Crippen LogP) is 16.3. The van der Waals surface area contributed by atoms with Crippen molar-refractivity contribution in [2.45, 2.75) is 327 Å². The van der Waals surface area contributed by atoms with Crippen molar-refractivity contribution in [1.82, 2.24) is 5.32 Å². The number of allylic oxidation sites excluding steroid dienone is 4. The van der Waals surface area contributed by atoms with Crippen molar-refractivity contribution in [3.63, 3.8) is 0 Å². The van der Waals surface area contributed by atoms with E-state index < -0.39 is 36.9 Å². The van der Waals surface area contributed by atoms with E-state index in [-0.39, 0.29) is 0 Å². The second-order valence-electron chi connectivity index (χ2n) is 19.6. The molecule has 0 aromatic rings. The highest BCUT2D eigenvalue weighted by Crippen LogP contribution is 2.18. The number of hydrogen-bond donors (Lipinski definition) is 5. The Labute approximate surface area is 393 Å². The fourth-order valence-corrected chi connectivity index (χ4v) is 8.94. The maximum Gasteiger partial charge on any atom is 0.249 e.